The largest absolute Gasteiger partial charge is 0.460 e. The molecule has 0 aliphatic rings. The Morgan fingerprint density at radius 3 is 0.303 bits per heavy atom. The minimum absolute atomic E-state index is 6.03. The number of hydrogen-bond acceptors (Lipinski definition) is 2. The fraction of sp³-hybridized carbons (Fsp3) is 1.00. The summed E-state index contributed by atoms with van der Waals surface area (Å²) in [4.78, 5) is 0. The van der Waals surface area contributed by atoms with Gasteiger partial charge in [0, 0.05) is 0 Å². The molecule has 0 saturated heterocycles. The van der Waals surface area contributed by atoms with Crippen LogP contribution in [0.3, 0.4) is 0 Å². The number of halogens is 50. The van der Waals surface area contributed by atoms with E-state index in [1.165, 1.54) is 0 Å². The van der Waals surface area contributed by atoms with Crippen molar-refractivity contribution in [2.24, 2.45) is 0 Å². The van der Waals surface area contributed by atoms with Gasteiger partial charge in [-0.3, -0.25) is 0 Å². The lowest BCUT2D eigenvalue weighted by Crippen LogP contribution is -2.80. The average Bonchev–Trinajstić information content (AvgIpc) is 3.17. The lowest BCUT2D eigenvalue weighted by molar-refractivity contribution is -0.529. The molecule has 0 bridgehead atoms. The average molecular weight is 1270 g/mol. The lowest BCUT2D eigenvalue weighted by Gasteiger charge is -2.47. The number of nitrogens with zero attached hydrogens (tertiary/aromatic N) is 1. The van der Waals surface area contributed by atoms with Crippen LogP contribution in [0.2, 0.25) is 0 Å². The minimum atomic E-state index is -10.6. The summed E-state index contributed by atoms with van der Waals surface area (Å²) < 4.78 is 678. The molecule has 0 aliphatic heterocycles. The van der Waals surface area contributed by atoms with Crippen molar-refractivity contribution in [1.82, 2.24) is 5.06 Å². The van der Waals surface area contributed by atoms with Crippen LogP contribution >= 0.6 is 0 Å². The highest BCUT2D eigenvalue weighted by Crippen LogP contribution is 2.71. The van der Waals surface area contributed by atoms with Gasteiger partial charge in [0.1, 0.15) is 0 Å². The Labute approximate surface area is 374 Å². The van der Waals surface area contributed by atoms with Crippen molar-refractivity contribution >= 4 is 0 Å². The van der Waals surface area contributed by atoms with Gasteiger partial charge >= 0.3 is 143 Å². The maximum absolute atomic E-state index is 14.1. The Morgan fingerprint density at radius 1 is 0.132 bits per heavy atom. The summed E-state index contributed by atoms with van der Waals surface area (Å²) in [6.45, 7) is 0. The van der Waals surface area contributed by atoms with Crippen molar-refractivity contribution in [3.05, 3.63) is 0 Å². The van der Waals surface area contributed by atoms with Gasteiger partial charge in [0.15, 0.2) is 0 Å². The molecule has 0 radical (unpaired) electrons. The molecule has 0 aromatic carbocycles. The van der Waals surface area contributed by atoms with Gasteiger partial charge in [-0.05, 0) is 0 Å². The molecule has 458 valence electrons. The van der Waals surface area contributed by atoms with E-state index in [2.05, 4.69) is 0 Å². The van der Waals surface area contributed by atoms with Crippen LogP contribution in [0.4, 0.5) is 220 Å². The molecule has 1 N–H and O–H groups in total. The van der Waals surface area contributed by atoms with E-state index >= 15 is 0 Å². The first kappa shape index (κ1) is 72.4. The zero-order chi connectivity index (χ0) is 63.6. The van der Waals surface area contributed by atoms with Crippen LogP contribution in [0, 0.1) is 0 Å². The van der Waals surface area contributed by atoms with E-state index in [-0.39, 0.29) is 0 Å². The lowest BCUT2D eigenvalue weighted by atomic mass is 9.84. The highest BCUT2D eigenvalue weighted by Gasteiger charge is 3.03. The fourth-order valence-corrected chi connectivity index (χ4v) is 4.33. The van der Waals surface area contributed by atoms with Crippen molar-refractivity contribution in [2.75, 3.05) is 0 Å². The number of rotatable bonds is 22. The molecule has 0 spiro atoms. The van der Waals surface area contributed by atoms with E-state index in [0.717, 1.165) is 0 Å². The first-order chi connectivity index (χ1) is 31.7. The minimum Gasteiger partial charge on any atom is -0.303 e. The second-order valence-electron chi connectivity index (χ2n) is 13.9. The van der Waals surface area contributed by atoms with Crippen molar-refractivity contribution < 1.29 is 225 Å². The van der Waals surface area contributed by atoms with Crippen LogP contribution in [-0.4, -0.2) is 153 Å². The van der Waals surface area contributed by atoms with Crippen LogP contribution in [0.1, 0.15) is 0 Å². The summed E-state index contributed by atoms with van der Waals surface area (Å²) in [7, 11) is 0. The Kier molecular flexibility index (Phi) is 16.4. The molecule has 0 unspecified atom stereocenters. The molecule has 0 fully saturated rings. The molecule has 2 nitrogen and oxygen atoms in total. The van der Waals surface area contributed by atoms with Crippen molar-refractivity contribution in [1.29, 1.82) is 0 Å². The summed E-state index contributed by atoms with van der Waals surface area (Å²) in [5.74, 6) is -205. The van der Waals surface area contributed by atoms with Crippen LogP contribution in [0.15, 0.2) is 0 Å². The van der Waals surface area contributed by atoms with Crippen LogP contribution in [0.5, 0.6) is 0 Å². The molecule has 0 amide bonds. The smallest absolute Gasteiger partial charge is 0.303 e. The number of hydroxylamine groups is 2. The van der Waals surface area contributed by atoms with Crippen LogP contribution in [-0.2, 0) is 0 Å². The molecule has 52 heteroatoms. The Balaban J connectivity index is 8.06. The SMILES string of the molecule is ON(C(F)(F)C(F)(F)C(F)(F)C(F)(F)C(F)(F)C(F)(F)C(F)(F)C(F)(F)C(F)(F)C(F)(F)C(F)(F)C(F)(F)F)C(F)(F)C(F)(F)C(F)(F)C(F)(F)C(F)(F)C(F)(F)C(F)(F)C(F)(F)C(F)(F)C(F)(F)C(F)(F)C(F)(F)F. The molecule has 0 saturated carbocycles. The normalized spacial score (nSPS) is 17.5. The highest BCUT2D eigenvalue weighted by atomic mass is 19.5. The van der Waals surface area contributed by atoms with Crippen molar-refractivity contribution in [2.45, 2.75) is 143 Å². The topological polar surface area (TPSA) is 23.5 Å². The van der Waals surface area contributed by atoms with E-state index in [0.29, 0.717) is 0 Å². The van der Waals surface area contributed by atoms with E-state index in [1.54, 1.807) is 0 Å². The molecular weight excluding hydrogens is 1270 g/mol. The summed E-state index contributed by atoms with van der Waals surface area (Å²) in [6.07, 6.45) is -17.2. The molecule has 0 aromatic heterocycles. The fourth-order valence-electron chi connectivity index (χ4n) is 4.33. The molecular formula is C24HF50NO. The third kappa shape index (κ3) is 7.96. The van der Waals surface area contributed by atoms with Crippen molar-refractivity contribution in [3.8, 4) is 0 Å². The molecule has 76 heavy (non-hydrogen) atoms. The Hall–Kier alpha value is -3.58. The van der Waals surface area contributed by atoms with Crippen molar-refractivity contribution in [3.63, 3.8) is 0 Å². The zero-order valence-electron chi connectivity index (χ0n) is 31.8. The molecule has 0 aromatic rings. The molecule has 0 aliphatic carbocycles. The second kappa shape index (κ2) is 17.2. The summed E-state index contributed by atoms with van der Waals surface area (Å²) >= 11 is 0. The zero-order valence-corrected chi connectivity index (χ0v) is 31.8. The predicted octanol–water partition coefficient (Wildman–Crippen LogP) is 15.7. The Bertz CT molecular complexity index is 1950. The van der Waals surface area contributed by atoms with Gasteiger partial charge in [0.05, 0.1) is 0 Å². The number of alkyl halides is 50. The first-order valence-electron chi connectivity index (χ1n) is 15.6. The monoisotopic (exact) mass is 1270 g/mol. The van der Waals surface area contributed by atoms with E-state index < -0.39 is 148 Å². The van der Waals surface area contributed by atoms with E-state index in [4.69, 9.17) is 5.21 Å². The quantitative estimate of drug-likeness (QED) is 0.0663. The van der Waals surface area contributed by atoms with Gasteiger partial charge in [-0.15, -0.1) is 0 Å². The maximum atomic E-state index is 14.1. The second-order valence-corrected chi connectivity index (χ2v) is 13.9. The molecule has 0 rings (SSSR count). The standard InChI is InChI=1S/C24HF50NO/c25-1(26,5(33,34)9(41,42)13(49,50)17(57,58)21(65,66)67)3(29,30)7(37,38)11(45,46)15(53,54)19(61,62)23(71,72)75(76)24(73,74)20(63,64)16(55,56)12(47,48)8(39,40)4(31,32)2(27,28)6(35,36)10(43,44)14(51,52)18(59,60)22(68,69)70/h76H. The third-order valence-electron chi connectivity index (χ3n) is 9.10. The van der Waals surface area contributed by atoms with E-state index in [1.807, 2.05) is 0 Å². The summed E-state index contributed by atoms with van der Waals surface area (Å²) in [6, 6.07) is -20.4. The maximum Gasteiger partial charge on any atom is 0.460 e. The van der Waals surface area contributed by atoms with Gasteiger partial charge in [-0.1, -0.05) is 5.06 Å². The third-order valence-corrected chi connectivity index (χ3v) is 9.10. The highest BCUT2D eigenvalue weighted by molar-refractivity contribution is 5.22. The Morgan fingerprint density at radius 2 is 0.211 bits per heavy atom. The van der Waals surface area contributed by atoms with Gasteiger partial charge in [-0.2, -0.15) is 220 Å². The van der Waals surface area contributed by atoms with Crippen LogP contribution in [0.25, 0.3) is 0 Å². The first-order valence-corrected chi connectivity index (χ1v) is 15.6. The molecule has 0 heterocycles. The van der Waals surface area contributed by atoms with Crippen LogP contribution < -0.4 is 0 Å². The summed E-state index contributed by atoms with van der Waals surface area (Å²) in [5.41, 5.74) is 0. The van der Waals surface area contributed by atoms with Gasteiger partial charge < -0.3 is 5.21 Å². The van der Waals surface area contributed by atoms with Gasteiger partial charge in [-0.25, -0.2) is 0 Å². The van der Waals surface area contributed by atoms with Gasteiger partial charge in [0.2, 0.25) is 0 Å². The van der Waals surface area contributed by atoms with E-state index in [9.17, 15) is 220 Å². The van der Waals surface area contributed by atoms with Gasteiger partial charge in [0.25, 0.3) is 0 Å². The number of hydrogen-bond donors (Lipinski definition) is 1. The predicted molar refractivity (Wildman–Crippen MR) is 125 cm³/mol. The summed E-state index contributed by atoms with van der Waals surface area (Å²) in [5, 5.41) is 2.30. The molecule has 0 atom stereocenters.